The number of nitrogens with one attached hydrogen (secondary N) is 1. The van der Waals surface area contributed by atoms with Gasteiger partial charge >= 0.3 is 0 Å². The number of aliphatic imine (C=N–C) groups is 1. The third-order valence-corrected chi connectivity index (χ3v) is 8.32. The predicted molar refractivity (Wildman–Crippen MR) is 106 cm³/mol. The summed E-state index contributed by atoms with van der Waals surface area (Å²) in [6.45, 7) is 0.488. The second kappa shape index (κ2) is 6.80. The number of benzene rings is 1. The summed E-state index contributed by atoms with van der Waals surface area (Å²) in [5.74, 6) is 0.152. The summed E-state index contributed by atoms with van der Waals surface area (Å²) in [4.78, 5) is 8.59. The van der Waals surface area contributed by atoms with Crippen molar-refractivity contribution in [2.45, 2.75) is 23.9 Å². The maximum absolute atomic E-state index is 12.6. The summed E-state index contributed by atoms with van der Waals surface area (Å²) < 4.78 is 50.7. The summed E-state index contributed by atoms with van der Waals surface area (Å²) in [6.07, 6.45) is 0.259. The molecular formula is C17H17ClN4O4S2. The van der Waals surface area contributed by atoms with E-state index in [0.717, 1.165) is 5.56 Å². The summed E-state index contributed by atoms with van der Waals surface area (Å²) in [7, 11) is -7.08. The molecule has 2 aliphatic rings. The maximum atomic E-state index is 12.6. The molecule has 3 N–H and O–H groups in total. The average molecular weight is 441 g/mol. The molecule has 2 aromatic rings. The highest BCUT2D eigenvalue weighted by Crippen LogP contribution is 2.30. The molecule has 28 heavy (non-hydrogen) atoms. The standard InChI is InChI=1S/C17H17ClN4O4S2/c18-14-7-12(28(25,26)22-11-5-6-27(23,24)9-11)2-3-13(14)15-4-1-10-8-20-17(19)16(10)21-15/h1-4,7,11,22H,5-6,8-9H2,(H2,19,20). The molecule has 0 saturated carbocycles. The molecule has 8 nitrogen and oxygen atoms in total. The van der Waals surface area contributed by atoms with Crippen LogP contribution in [0.25, 0.3) is 11.3 Å². The zero-order valence-electron chi connectivity index (χ0n) is 14.6. The van der Waals surface area contributed by atoms with E-state index in [4.69, 9.17) is 17.3 Å². The fourth-order valence-electron chi connectivity index (χ4n) is 3.28. The van der Waals surface area contributed by atoms with Crippen molar-refractivity contribution in [1.82, 2.24) is 9.71 Å². The number of aromatic nitrogens is 1. The fourth-order valence-corrected chi connectivity index (χ4v) is 6.70. The van der Waals surface area contributed by atoms with Crippen LogP contribution in [0.3, 0.4) is 0 Å². The van der Waals surface area contributed by atoms with E-state index in [0.29, 0.717) is 29.3 Å². The van der Waals surface area contributed by atoms with Gasteiger partial charge in [-0.3, -0.25) is 4.99 Å². The first kappa shape index (κ1) is 19.3. The first-order valence-electron chi connectivity index (χ1n) is 8.47. The van der Waals surface area contributed by atoms with E-state index in [1.54, 1.807) is 12.1 Å². The Morgan fingerprint density at radius 1 is 1.21 bits per heavy atom. The minimum absolute atomic E-state index is 0.0175. The maximum Gasteiger partial charge on any atom is 0.240 e. The van der Waals surface area contributed by atoms with Crippen LogP contribution in [0.5, 0.6) is 0 Å². The van der Waals surface area contributed by atoms with Crippen molar-refractivity contribution in [3.8, 4) is 11.3 Å². The molecule has 1 unspecified atom stereocenters. The minimum atomic E-state index is -3.89. The number of nitrogens with zero attached hydrogens (tertiary/aromatic N) is 2. The summed E-state index contributed by atoms with van der Waals surface area (Å²) in [6, 6.07) is 7.33. The first-order chi connectivity index (χ1) is 13.1. The van der Waals surface area contributed by atoms with Gasteiger partial charge in [-0.2, -0.15) is 0 Å². The van der Waals surface area contributed by atoms with Crippen molar-refractivity contribution < 1.29 is 16.8 Å². The lowest BCUT2D eigenvalue weighted by molar-refractivity contribution is 0.562. The Balaban J connectivity index is 1.61. The van der Waals surface area contributed by atoms with Crippen molar-refractivity contribution >= 4 is 37.3 Å². The Bertz CT molecular complexity index is 1210. The largest absolute Gasteiger partial charge is 0.382 e. The number of sulfonamides is 1. The summed E-state index contributed by atoms with van der Waals surface area (Å²) in [5, 5.41) is 0.211. The third-order valence-electron chi connectivity index (χ3n) is 4.72. The molecule has 3 heterocycles. The summed E-state index contributed by atoms with van der Waals surface area (Å²) >= 11 is 6.33. The molecule has 1 saturated heterocycles. The van der Waals surface area contributed by atoms with Crippen molar-refractivity contribution in [3.63, 3.8) is 0 Å². The van der Waals surface area contributed by atoms with Crippen LogP contribution in [0.4, 0.5) is 0 Å². The Hall–Kier alpha value is -2.01. The zero-order chi connectivity index (χ0) is 20.1. The van der Waals surface area contributed by atoms with Crippen molar-refractivity contribution in [2.24, 2.45) is 10.7 Å². The molecule has 148 valence electrons. The number of amidine groups is 1. The van der Waals surface area contributed by atoms with Gasteiger partial charge in [0.2, 0.25) is 10.0 Å². The zero-order valence-corrected chi connectivity index (χ0v) is 17.0. The average Bonchev–Trinajstić information content (AvgIpc) is 3.16. The number of halogens is 1. The molecule has 0 amide bonds. The van der Waals surface area contributed by atoms with E-state index in [2.05, 4.69) is 14.7 Å². The van der Waals surface area contributed by atoms with Crippen LogP contribution in [-0.2, 0) is 26.4 Å². The Labute approximate surface area is 167 Å². The van der Waals surface area contributed by atoms with E-state index in [1.165, 1.54) is 12.1 Å². The third kappa shape index (κ3) is 3.64. The van der Waals surface area contributed by atoms with Crippen molar-refractivity contribution in [3.05, 3.63) is 46.6 Å². The van der Waals surface area contributed by atoms with Crippen LogP contribution in [0.15, 0.2) is 40.2 Å². The molecule has 1 atom stereocenters. The van der Waals surface area contributed by atoms with Crippen LogP contribution in [0.2, 0.25) is 5.02 Å². The molecular weight excluding hydrogens is 424 g/mol. The fraction of sp³-hybridized carbons (Fsp3) is 0.294. The molecule has 0 aliphatic carbocycles. The molecule has 2 aliphatic heterocycles. The highest BCUT2D eigenvalue weighted by molar-refractivity contribution is 7.92. The van der Waals surface area contributed by atoms with Gasteiger partial charge in [0, 0.05) is 17.2 Å². The van der Waals surface area contributed by atoms with E-state index in [9.17, 15) is 16.8 Å². The molecule has 11 heteroatoms. The Kier molecular flexibility index (Phi) is 4.69. The second-order valence-corrected chi connectivity index (χ2v) is 11.1. The molecule has 0 bridgehead atoms. The van der Waals surface area contributed by atoms with Crippen LogP contribution >= 0.6 is 11.6 Å². The number of rotatable bonds is 4. The smallest absolute Gasteiger partial charge is 0.240 e. The van der Waals surface area contributed by atoms with E-state index >= 15 is 0 Å². The van der Waals surface area contributed by atoms with E-state index in [1.807, 2.05) is 6.07 Å². The quantitative estimate of drug-likeness (QED) is 0.731. The highest BCUT2D eigenvalue weighted by atomic mass is 35.5. The Morgan fingerprint density at radius 3 is 2.68 bits per heavy atom. The van der Waals surface area contributed by atoms with Gasteiger partial charge in [0.15, 0.2) is 9.84 Å². The topological polar surface area (TPSA) is 132 Å². The lowest BCUT2D eigenvalue weighted by Crippen LogP contribution is -2.35. The first-order valence-corrected chi connectivity index (χ1v) is 12.2. The number of pyridine rings is 1. The highest BCUT2D eigenvalue weighted by Gasteiger charge is 2.31. The van der Waals surface area contributed by atoms with E-state index < -0.39 is 25.9 Å². The molecule has 0 spiro atoms. The van der Waals surface area contributed by atoms with Gasteiger partial charge < -0.3 is 5.73 Å². The van der Waals surface area contributed by atoms with Crippen LogP contribution < -0.4 is 10.5 Å². The predicted octanol–water partition coefficient (Wildman–Crippen LogP) is 1.09. The van der Waals surface area contributed by atoms with Crippen molar-refractivity contribution in [1.29, 1.82) is 0 Å². The summed E-state index contributed by atoms with van der Waals surface area (Å²) in [5.41, 5.74) is 8.48. The number of hydrogen-bond acceptors (Lipinski definition) is 7. The van der Waals surface area contributed by atoms with Gasteiger partial charge in [0.1, 0.15) is 11.5 Å². The van der Waals surface area contributed by atoms with Gasteiger partial charge in [-0.25, -0.2) is 26.5 Å². The number of nitrogens with two attached hydrogens (primary N) is 1. The number of fused-ring (bicyclic) bond motifs is 1. The number of sulfone groups is 1. The van der Waals surface area contributed by atoms with Gasteiger partial charge in [0.25, 0.3) is 0 Å². The Morgan fingerprint density at radius 2 is 2.00 bits per heavy atom. The SMILES string of the molecule is NC1=NCc2ccc(-c3ccc(S(=O)(=O)NC4CCS(=O)(=O)C4)cc3Cl)nc21. The van der Waals surface area contributed by atoms with Crippen LogP contribution in [-0.4, -0.2) is 45.2 Å². The monoisotopic (exact) mass is 440 g/mol. The molecule has 0 radical (unpaired) electrons. The van der Waals surface area contributed by atoms with Crippen molar-refractivity contribution in [2.75, 3.05) is 11.5 Å². The lowest BCUT2D eigenvalue weighted by Gasteiger charge is -2.13. The van der Waals surface area contributed by atoms with E-state index in [-0.39, 0.29) is 27.8 Å². The lowest BCUT2D eigenvalue weighted by atomic mass is 10.1. The molecule has 1 fully saturated rings. The van der Waals surface area contributed by atoms with Gasteiger partial charge in [-0.15, -0.1) is 0 Å². The molecule has 1 aromatic heterocycles. The second-order valence-electron chi connectivity index (χ2n) is 6.77. The molecule has 4 rings (SSSR count). The van der Waals surface area contributed by atoms with Gasteiger partial charge in [-0.05, 0) is 30.7 Å². The molecule has 1 aromatic carbocycles. The van der Waals surface area contributed by atoms with Crippen LogP contribution in [0.1, 0.15) is 17.7 Å². The van der Waals surface area contributed by atoms with Gasteiger partial charge in [0.05, 0.1) is 33.7 Å². The number of hydrogen-bond donors (Lipinski definition) is 2. The minimum Gasteiger partial charge on any atom is -0.382 e. The van der Waals surface area contributed by atoms with Gasteiger partial charge in [-0.1, -0.05) is 17.7 Å². The normalized spacial score (nSPS) is 20.8. The van der Waals surface area contributed by atoms with Crippen LogP contribution in [0, 0.1) is 0 Å².